The first-order chi connectivity index (χ1) is 8.13. The maximum atomic E-state index is 11.9. The lowest BCUT2D eigenvalue weighted by molar-refractivity contribution is -0.123. The van der Waals surface area contributed by atoms with Crippen molar-refractivity contribution in [3.8, 4) is 0 Å². The van der Waals surface area contributed by atoms with Crippen LogP contribution < -0.4 is 0 Å². The van der Waals surface area contributed by atoms with Gasteiger partial charge in [0.15, 0.2) is 16.7 Å². The van der Waals surface area contributed by atoms with Crippen LogP contribution in [0.15, 0.2) is 28.2 Å². The van der Waals surface area contributed by atoms with Crippen LogP contribution in [0.1, 0.15) is 24.3 Å². The number of allylic oxidation sites excluding steroid dienone is 1. The van der Waals surface area contributed by atoms with Crippen molar-refractivity contribution in [1.29, 1.82) is 0 Å². The van der Waals surface area contributed by atoms with Gasteiger partial charge in [0, 0.05) is 4.88 Å². The highest BCUT2D eigenvalue weighted by Gasteiger charge is 2.32. The van der Waals surface area contributed by atoms with Gasteiger partial charge in [-0.1, -0.05) is 17.8 Å². The van der Waals surface area contributed by atoms with Gasteiger partial charge in [-0.25, -0.2) is 0 Å². The molecule has 3 nitrogen and oxygen atoms in total. The molecule has 0 amide bonds. The number of carbonyl (C=O) groups is 2. The monoisotopic (exact) mass is 268 g/mol. The fraction of sp³-hybridized carbons (Fsp3) is 0.333. The van der Waals surface area contributed by atoms with E-state index in [1.165, 1.54) is 18.7 Å². The van der Waals surface area contributed by atoms with Crippen molar-refractivity contribution in [2.24, 2.45) is 0 Å². The molecular weight excluding hydrogens is 256 g/mol. The molecule has 0 fully saturated rings. The predicted molar refractivity (Wildman–Crippen MR) is 69.0 cm³/mol. The minimum atomic E-state index is -0.243. The van der Waals surface area contributed by atoms with E-state index in [9.17, 15) is 9.59 Å². The summed E-state index contributed by atoms with van der Waals surface area (Å²) < 4.78 is 5.74. The number of thioether (sulfide) groups is 1. The molecule has 1 aliphatic rings. The molecular formula is C12H12O3S2. The second kappa shape index (κ2) is 5.06. The summed E-state index contributed by atoms with van der Waals surface area (Å²) in [6.45, 7) is 1.40. The fourth-order valence-electron chi connectivity index (χ4n) is 1.74. The van der Waals surface area contributed by atoms with Crippen LogP contribution in [0.4, 0.5) is 0 Å². The quantitative estimate of drug-likeness (QED) is 0.791. The number of thiophene rings is 1. The van der Waals surface area contributed by atoms with Gasteiger partial charge >= 0.3 is 0 Å². The second-order valence-corrected chi connectivity index (χ2v) is 5.43. The highest BCUT2D eigenvalue weighted by molar-refractivity contribution is 8.02. The smallest absolute Gasteiger partial charge is 0.174 e. The maximum Gasteiger partial charge on any atom is 0.174 e. The number of hydrogen-bond acceptors (Lipinski definition) is 5. The van der Waals surface area contributed by atoms with Crippen LogP contribution in [0.2, 0.25) is 0 Å². The number of Topliss-reactive ketones (excluding diaryl/α,β-unsaturated/α-hetero) is 2. The summed E-state index contributed by atoms with van der Waals surface area (Å²) in [4.78, 5) is 24.4. The fourth-order valence-corrected chi connectivity index (χ4v) is 3.17. The van der Waals surface area contributed by atoms with E-state index >= 15 is 0 Å². The van der Waals surface area contributed by atoms with Crippen molar-refractivity contribution in [1.82, 2.24) is 0 Å². The van der Waals surface area contributed by atoms with Crippen molar-refractivity contribution in [3.63, 3.8) is 0 Å². The standard InChI is InChI=1S/C12H12O3S2/c1-7(13)11-8(14)6-9(15-12(11)16-2)10-4-3-5-17-10/h3-5,9H,6H2,1-2H3. The summed E-state index contributed by atoms with van der Waals surface area (Å²) in [7, 11) is 0. The topological polar surface area (TPSA) is 43.4 Å². The molecule has 2 heterocycles. The summed E-state index contributed by atoms with van der Waals surface area (Å²) in [6, 6.07) is 3.87. The van der Waals surface area contributed by atoms with Crippen molar-refractivity contribution in [3.05, 3.63) is 33.1 Å². The molecule has 1 aromatic heterocycles. The lowest BCUT2D eigenvalue weighted by atomic mass is 10.0. The SMILES string of the molecule is CSC1=C(C(C)=O)C(=O)CC(c2cccs2)O1. The van der Waals surface area contributed by atoms with Crippen molar-refractivity contribution < 1.29 is 14.3 Å². The molecule has 90 valence electrons. The molecule has 1 aromatic rings. The first-order valence-corrected chi connectivity index (χ1v) is 7.26. The molecule has 0 aromatic carbocycles. The zero-order chi connectivity index (χ0) is 12.4. The first-order valence-electron chi connectivity index (χ1n) is 5.16. The van der Waals surface area contributed by atoms with Gasteiger partial charge in [-0.15, -0.1) is 11.3 Å². The molecule has 17 heavy (non-hydrogen) atoms. The molecule has 1 atom stereocenters. The molecule has 2 rings (SSSR count). The Morgan fingerprint density at radius 2 is 2.35 bits per heavy atom. The molecule has 0 bridgehead atoms. The average Bonchev–Trinajstić information content (AvgIpc) is 2.80. The van der Waals surface area contributed by atoms with E-state index < -0.39 is 0 Å². The van der Waals surface area contributed by atoms with Gasteiger partial charge in [-0.05, 0) is 24.6 Å². The van der Waals surface area contributed by atoms with Crippen LogP contribution in [0.25, 0.3) is 0 Å². The zero-order valence-electron chi connectivity index (χ0n) is 9.56. The van der Waals surface area contributed by atoms with Crippen molar-refractivity contribution in [2.75, 3.05) is 6.26 Å². The summed E-state index contributed by atoms with van der Waals surface area (Å²) in [5.74, 6) is -0.338. The number of hydrogen-bond donors (Lipinski definition) is 0. The number of ether oxygens (including phenoxy) is 1. The van der Waals surface area contributed by atoms with Gasteiger partial charge in [0.05, 0.1) is 6.42 Å². The molecule has 1 aliphatic heterocycles. The third kappa shape index (κ3) is 2.45. The van der Waals surface area contributed by atoms with Gasteiger partial charge in [0.25, 0.3) is 0 Å². The van der Waals surface area contributed by atoms with Gasteiger partial charge < -0.3 is 4.74 Å². The number of rotatable bonds is 3. The molecule has 1 unspecified atom stereocenters. The summed E-state index contributed by atoms with van der Waals surface area (Å²) in [5.41, 5.74) is 0.213. The zero-order valence-corrected chi connectivity index (χ0v) is 11.2. The minimum Gasteiger partial charge on any atom is -0.477 e. The minimum absolute atomic E-state index is 0.119. The Labute approximate surface area is 108 Å². The lowest BCUT2D eigenvalue weighted by Crippen LogP contribution is -2.22. The molecule has 0 N–H and O–H groups in total. The average molecular weight is 268 g/mol. The van der Waals surface area contributed by atoms with E-state index in [2.05, 4.69) is 0 Å². The number of ketones is 2. The normalized spacial score (nSPS) is 20.4. The summed E-state index contributed by atoms with van der Waals surface area (Å²) >= 11 is 2.87. The maximum absolute atomic E-state index is 11.9. The molecule has 0 spiro atoms. The van der Waals surface area contributed by atoms with Crippen molar-refractivity contribution in [2.45, 2.75) is 19.4 Å². The number of carbonyl (C=O) groups excluding carboxylic acids is 2. The molecule has 0 saturated carbocycles. The highest BCUT2D eigenvalue weighted by Crippen LogP contribution is 2.37. The van der Waals surface area contributed by atoms with Crippen LogP contribution in [-0.4, -0.2) is 17.8 Å². The largest absolute Gasteiger partial charge is 0.477 e. The van der Waals surface area contributed by atoms with E-state index in [4.69, 9.17) is 4.74 Å². The van der Waals surface area contributed by atoms with E-state index in [1.807, 2.05) is 23.8 Å². The van der Waals surface area contributed by atoms with Gasteiger partial charge in [-0.2, -0.15) is 0 Å². The molecule has 0 radical (unpaired) electrons. The Balaban J connectivity index is 2.33. The van der Waals surface area contributed by atoms with Crippen LogP contribution in [-0.2, 0) is 14.3 Å². The van der Waals surface area contributed by atoms with E-state index in [-0.39, 0.29) is 29.7 Å². The third-order valence-electron chi connectivity index (χ3n) is 2.50. The van der Waals surface area contributed by atoms with E-state index in [0.717, 1.165) is 4.88 Å². The van der Waals surface area contributed by atoms with Crippen LogP contribution in [0.3, 0.4) is 0 Å². The molecule has 0 saturated heterocycles. The summed E-state index contributed by atoms with van der Waals surface area (Å²) in [5, 5.41) is 2.40. The Kier molecular flexibility index (Phi) is 3.69. The van der Waals surface area contributed by atoms with Crippen LogP contribution >= 0.6 is 23.1 Å². The van der Waals surface area contributed by atoms with Crippen molar-refractivity contribution >= 4 is 34.7 Å². The third-order valence-corrected chi connectivity index (χ3v) is 4.14. The van der Waals surface area contributed by atoms with Gasteiger partial charge in [0.1, 0.15) is 11.7 Å². The second-order valence-electron chi connectivity index (χ2n) is 3.67. The van der Waals surface area contributed by atoms with E-state index in [1.54, 1.807) is 11.3 Å². The Morgan fingerprint density at radius 3 is 2.88 bits per heavy atom. The van der Waals surface area contributed by atoms with Gasteiger partial charge in [0.2, 0.25) is 0 Å². The molecule has 0 aliphatic carbocycles. The van der Waals surface area contributed by atoms with Crippen LogP contribution in [0.5, 0.6) is 0 Å². The lowest BCUT2D eigenvalue weighted by Gasteiger charge is -2.25. The Hall–Kier alpha value is -1.07. The first kappa shape index (κ1) is 12.4. The summed E-state index contributed by atoms with van der Waals surface area (Å²) in [6.07, 6.45) is 1.81. The Bertz CT molecular complexity index is 474. The highest BCUT2D eigenvalue weighted by atomic mass is 32.2. The Morgan fingerprint density at radius 1 is 1.59 bits per heavy atom. The molecule has 5 heteroatoms. The van der Waals surface area contributed by atoms with Crippen LogP contribution in [0, 0.1) is 0 Å². The predicted octanol–water partition coefficient (Wildman–Crippen LogP) is 2.94. The van der Waals surface area contributed by atoms with E-state index in [0.29, 0.717) is 5.09 Å². The van der Waals surface area contributed by atoms with Gasteiger partial charge in [-0.3, -0.25) is 9.59 Å².